The maximum absolute atomic E-state index is 13.5. The first-order chi connectivity index (χ1) is 21.3. The van der Waals surface area contributed by atoms with Crippen molar-refractivity contribution in [1.82, 2.24) is 0 Å². The second-order valence-electron chi connectivity index (χ2n) is 9.79. The van der Waals surface area contributed by atoms with Crippen molar-refractivity contribution in [2.75, 3.05) is 28.4 Å². The third kappa shape index (κ3) is 4.72. The van der Waals surface area contributed by atoms with Gasteiger partial charge in [-0.3, -0.25) is 9.59 Å². The first kappa shape index (κ1) is 28.2. The Bertz CT molecular complexity index is 2180. The van der Waals surface area contributed by atoms with Crippen LogP contribution in [0.5, 0.6) is 34.5 Å². The largest absolute Gasteiger partial charge is 0.508 e. The van der Waals surface area contributed by atoms with E-state index in [2.05, 4.69) is 0 Å². The lowest BCUT2D eigenvalue weighted by Crippen LogP contribution is -2.04. The van der Waals surface area contributed by atoms with Crippen molar-refractivity contribution in [3.8, 4) is 68.3 Å². The lowest BCUT2D eigenvalue weighted by molar-refractivity contribution is 0.410. The van der Waals surface area contributed by atoms with Crippen LogP contribution in [0.2, 0.25) is 0 Å². The molecule has 0 unspecified atom stereocenters. The quantitative estimate of drug-likeness (QED) is 0.215. The summed E-state index contributed by atoms with van der Waals surface area (Å²) in [6.07, 6.45) is 0. The van der Waals surface area contributed by atoms with Crippen LogP contribution in [-0.4, -0.2) is 38.7 Å². The predicted octanol–water partition coefficient (Wildman–Crippen LogP) is 6.35. The van der Waals surface area contributed by atoms with E-state index in [1.165, 1.54) is 51.7 Å². The smallest absolute Gasteiger partial charge is 0.197 e. The Morgan fingerprint density at radius 1 is 0.591 bits per heavy atom. The molecule has 0 saturated carbocycles. The lowest BCUT2D eigenvalue weighted by atomic mass is 9.96. The maximum Gasteiger partial charge on any atom is 0.197 e. The average Bonchev–Trinajstić information content (AvgIpc) is 3.03. The molecule has 6 rings (SSSR count). The van der Waals surface area contributed by atoms with Gasteiger partial charge in [0.25, 0.3) is 0 Å². The van der Waals surface area contributed by atoms with Crippen molar-refractivity contribution < 1.29 is 38.0 Å². The van der Waals surface area contributed by atoms with Gasteiger partial charge >= 0.3 is 0 Å². The zero-order chi connectivity index (χ0) is 31.1. The minimum absolute atomic E-state index is 0.0604. The van der Waals surface area contributed by atoms with Gasteiger partial charge in [-0.25, -0.2) is 0 Å². The first-order valence-electron chi connectivity index (χ1n) is 13.3. The fourth-order valence-corrected chi connectivity index (χ4v) is 5.21. The Morgan fingerprint density at radius 3 is 1.86 bits per heavy atom. The molecule has 0 aliphatic heterocycles. The zero-order valence-electron chi connectivity index (χ0n) is 24.1. The van der Waals surface area contributed by atoms with Crippen LogP contribution in [0.15, 0.2) is 91.2 Å². The second kappa shape index (κ2) is 11.1. The number of hydrogen-bond acceptors (Lipinski definition) is 10. The number of aromatic hydroxyl groups is 2. The molecule has 0 bridgehead atoms. The van der Waals surface area contributed by atoms with Gasteiger partial charge in [0.15, 0.2) is 16.4 Å². The number of methoxy groups -OCH3 is 4. The molecule has 0 amide bonds. The molecule has 2 heterocycles. The van der Waals surface area contributed by atoms with Crippen molar-refractivity contribution >= 4 is 21.9 Å². The van der Waals surface area contributed by atoms with Gasteiger partial charge in [0, 0.05) is 47.0 Å². The Balaban J connectivity index is 1.62. The highest BCUT2D eigenvalue weighted by atomic mass is 16.5. The van der Waals surface area contributed by atoms with Crippen LogP contribution in [0, 0.1) is 0 Å². The molecule has 0 spiro atoms. The van der Waals surface area contributed by atoms with Crippen LogP contribution in [0.3, 0.4) is 0 Å². The van der Waals surface area contributed by atoms with Crippen molar-refractivity contribution in [3.05, 3.63) is 93.2 Å². The third-order valence-electron chi connectivity index (χ3n) is 7.29. The highest BCUT2D eigenvalue weighted by Crippen LogP contribution is 2.46. The summed E-state index contributed by atoms with van der Waals surface area (Å²) >= 11 is 0. The highest BCUT2D eigenvalue weighted by Gasteiger charge is 2.24. The number of phenolic OH excluding ortho intramolecular Hbond substituents is 2. The Labute approximate surface area is 249 Å². The Morgan fingerprint density at radius 2 is 1.20 bits per heavy atom. The summed E-state index contributed by atoms with van der Waals surface area (Å²) in [7, 11) is 5.80. The molecular formula is C34H26O10. The van der Waals surface area contributed by atoms with Crippen molar-refractivity contribution in [2.24, 2.45) is 0 Å². The van der Waals surface area contributed by atoms with Gasteiger partial charge in [-0.2, -0.15) is 0 Å². The molecule has 0 aliphatic carbocycles. The third-order valence-corrected chi connectivity index (χ3v) is 7.29. The van der Waals surface area contributed by atoms with Gasteiger partial charge in [0.2, 0.25) is 0 Å². The van der Waals surface area contributed by atoms with E-state index in [-0.39, 0.29) is 72.9 Å². The summed E-state index contributed by atoms with van der Waals surface area (Å²) in [6.45, 7) is 0. The molecule has 10 heteroatoms. The fraction of sp³-hybridized carbons (Fsp3) is 0.118. The van der Waals surface area contributed by atoms with Crippen LogP contribution in [-0.2, 0) is 0 Å². The second-order valence-corrected chi connectivity index (χ2v) is 9.79. The molecule has 44 heavy (non-hydrogen) atoms. The molecule has 0 aliphatic rings. The van der Waals surface area contributed by atoms with Gasteiger partial charge in [-0.15, -0.1) is 0 Å². The molecule has 4 aromatic carbocycles. The predicted molar refractivity (Wildman–Crippen MR) is 164 cm³/mol. The molecule has 0 fully saturated rings. The van der Waals surface area contributed by atoms with Gasteiger partial charge in [0.05, 0.1) is 34.0 Å². The zero-order valence-corrected chi connectivity index (χ0v) is 24.1. The topological polar surface area (TPSA) is 138 Å². The number of hydrogen-bond donors (Lipinski definition) is 2. The average molecular weight is 595 g/mol. The Hall–Kier alpha value is -5.90. The molecule has 0 saturated heterocycles. The summed E-state index contributed by atoms with van der Waals surface area (Å²) < 4.78 is 33.9. The van der Waals surface area contributed by atoms with E-state index in [4.69, 9.17) is 27.8 Å². The Kier molecular flexibility index (Phi) is 7.10. The fourth-order valence-electron chi connectivity index (χ4n) is 5.21. The van der Waals surface area contributed by atoms with Crippen molar-refractivity contribution in [1.29, 1.82) is 0 Å². The number of phenols is 2. The van der Waals surface area contributed by atoms with E-state index >= 15 is 0 Å². The van der Waals surface area contributed by atoms with E-state index in [0.717, 1.165) is 0 Å². The van der Waals surface area contributed by atoms with E-state index in [0.29, 0.717) is 28.2 Å². The van der Waals surface area contributed by atoms with Gasteiger partial charge in [-0.05, 0) is 42.5 Å². The SMILES string of the molecule is COc1ccc(-c2cc(=O)c3c(OC)cc(O)c(-c4cc(-c5cc(=O)c6c(OC)cc(O)cc6o5)ccc4OC)c3o2)cc1. The van der Waals surface area contributed by atoms with E-state index < -0.39 is 0 Å². The van der Waals surface area contributed by atoms with Crippen LogP contribution in [0.1, 0.15) is 0 Å². The standard InChI is InChI=1S/C34H26O10/c1-39-20-8-5-17(6-9-20)26-15-24(38)33-29(42-4)16-22(36)31(34(33)44-26)21-11-18(7-10-25(21)40-2)27-14-23(37)32-28(41-3)12-19(35)13-30(32)43-27/h5-16,35-36H,1-4H3. The molecule has 0 atom stereocenters. The normalized spacial score (nSPS) is 11.1. The lowest BCUT2D eigenvalue weighted by Gasteiger charge is -2.16. The number of rotatable bonds is 7. The van der Waals surface area contributed by atoms with E-state index in [9.17, 15) is 19.8 Å². The molecular weight excluding hydrogens is 568 g/mol. The molecule has 222 valence electrons. The molecule has 0 radical (unpaired) electrons. The summed E-state index contributed by atoms with van der Waals surface area (Å²) in [6, 6.07) is 18.6. The maximum atomic E-state index is 13.5. The minimum atomic E-state index is -0.389. The van der Waals surface area contributed by atoms with Crippen molar-refractivity contribution in [2.45, 2.75) is 0 Å². The van der Waals surface area contributed by atoms with Crippen LogP contribution in [0.4, 0.5) is 0 Å². The number of ether oxygens (including phenoxy) is 4. The molecule has 10 nitrogen and oxygen atoms in total. The van der Waals surface area contributed by atoms with Gasteiger partial charge in [0.1, 0.15) is 62.4 Å². The number of benzene rings is 4. The van der Waals surface area contributed by atoms with Crippen LogP contribution in [0.25, 0.3) is 55.7 Å². The number of fused-ring (bicyclic) bond motifs is 2. The molecule has 2 aromatic heterocycles. The monoisotopic (exact) mass is 594 g/mol. The summed E-state index contributed by atoms with van der Waals surface area (Å²) in [5.41, 5.74) is 0.966. The molecule has 2 N–H and O–H groups in total. The minimum Gasteiger partial charge on any atom is -0.508 e. The highest BCUT2D eigenvalue weighted by molar-refractivity contribution is 6.01. The van der Waals surface area contributed by atoms with Crippen LogP contribution >= 0.6 is 0 Å². The van der Waals surface area contributed by atoms with Crippen molar-refractivity contribution in [3.63, 3.8) is 0 Å². The summed E-state index contributed by atoms with van der Waals surface area (Å²) in [4.78, 5) is 26.6. The summed E-state index contributed by atoms with van der Waals surface area (Å²) in [5.74, 6) is 1.33. The molecule has 6 aromatic rings. The van der Waals surface area contributed by atoms with E-state index in [1.54, 1.807) is 49.6 Å². The van der Waals surface area contributed by atoms with Gasteiger partial charge in [-0.1, -0.05) is 0 Å². The summed E-state index contributed by atoms with van der Waals surface area (Å²) in [5, 5.41) is 21.8. The van der Waals surface area contributed by atoms with Crippen LogP contribution < -0.4 is 29.8 Å². The van der Waals surface area contributed by atoms with Gasteiger partial charge < -0.3 is 38.0 Å². The van der Waals surface area contributed by atoms with E-state index in [1.807, 2.05) is 0 Å². The first-order valence-corrected chi connectivity index (χ1v) is 13.3.